The summed E-state index contributed by atoms with van der Waals surface area (Å²) < 4.78 is 0. The number of hydrogen-bond donors (Lipinski definition) is 2. The fraction of sp³-hybridized carbons (Fsp3) is 0.278. The standard InChI is InChI=1S/C18H19N5S/c1-12-8-13(10-14(9-12)23-17-20-6-3-7-21-17)15-11-22-16(24-15)18(19)4-2-5-18/h3,6-11H,2,4-5,19H2,1H3,(H,20,21,23). The van der Waals surface area contributed by atoms with Gasteiger partial charge in [-0.25, -0.2) is 15.0 Å². The summed E-state index contributed by atoms with van der Waals surface area (Å²) in [7, 11) is 0. The molecule has 0 saturated heterocycles. The molecule has 0 radical (unpaired) electrons. The number of nitrogens with zero attached hydrogens (tertiary/aromatic N) is 3. The van der Waals surface area contributed by atoms with Crippen molar-refractivity contribution in [3.63, 3.8) is 0 Å². The molecule has 0 amide bonds. The van der Waals surface area contributed by atoms with Crippen LogP contribution in [-0.2, 0) is 5.54 Å². The highest BCUT2D eigenvalue weighted by Crippen LogP contribution is 2.42. The smallest absolute Gasteiger partial charge is 0.227 e. The van der Waals surface area contributed by atoms with Gasteiger partial charge in [0.2, 0.25) is 5.95 Å². The number of nitrogens with one attached hydrogen (secondary N) is 1. The zero-order valence-electron chi connectivity index (χ0n) is 13.5. The van der Waals surface area contributed by atoms with Crippen LogP contribution in [0.2, 0.25) is 0 Å². The van der Waals surface area contributed by atoms with Crippen molar-refractivity contribution in [1.29, 1.82) is 0 Å². The summed E-state index contributed by atoms with van der Waals surface area (Å²) in [6.07, 6.45) is 8.64. The summed E-state index contributed by atoms with van der Waals surface area (Å²) in [6.45, 7) is 2.08. The Bertz CT molecular complexity index is 855. The number of aromatic nitrogens is 3. The van der Waals surface area contributed by atoms with Gasteiger partial charge in [-0.05, 0) is 55.5 Å². The normalized spacial score (nSPS) is 15.8. The van der Waals surface area contributed by atoms with Crippen LogP contribution in [-0.4, -0.2) is 15.0 Å². The van der Waals surface area contributed by atoms with Gasteiger partial charge in [0.05, 0.1) is 10.4 Å². The summed E-state index contributed by atoms with van der Waals surface area (Å²) in [5, 5.41) is 4.30. The Hall–Kier alpha value is -2.31. The van der Waals surface area contributed by atoms with E-state index in [-0.39, 0.29) is 5.54 Å². The Kier molecular flexibility index (Phi) is 3.78. The average Bonchev–Trinajstić information content (AvgIpc) is 3.03. The van der Waals surface area contributed by atoms with Crippen LogP contribution in [0.3, 0.4) is 0 Å². The van der Waals surface area contributed by atoms with Crippen LogP contribution in [0.4, 0.5) is 11.6 Å². The van der Waals surface area contributed by atoms with E-state index in [1.807, 2.05) is 6.20 Å². The summed E-state index contributed by atoms with van der Waals surface area (Å²) in [4.78, 5) is 14.1. The van der Waals surface area contributed by atoms with Crippen LogP contribution >= 0.6 is 11.3 Å². The third-order valence-electron chi connectivity index (χ3n) is 4.36. The SMILES string of the molecule is Cc1cc(Nc2ncccn2)cc(-c2cnc(C3(N)CCC3)s2)c1. The lowest BCUT2D eigenvalue weighted by molar-refractivity contribution is 0.253. The van der Waals surface area contributed by atoms with Crippen molar-refractivity contribution >= 4 is 23.0 Å². The summed E-state index contributed by atoms with van der Waals surface area (Å²) in [6, 6.07) is 8.15. The molecule has 3 aromatic rings. The highest BCUT2D eigenvalue weighted by molar-refractivity contribution is 7.15. The molecule has 1 aliphatic rings. The minimum absolute atomic E-state index is 0.203. The van der Waals surface area contributed by atoms with Crippen molar-refractivity contribution < 1.29 is 0 Å². The van der Waals surface area contributed by atoms with E-state index in [1.165, 1.54) is 12.0 Å². The van der Waals surface area contributed by atoms with Crippen molar-refractivity contribution in [2.24, 2.45) is 5.73 Å². The van der Waals surface area contributed by atoms with E-state index in [1.54, 1.807) is 29.8 Å². The number of anilines is 2. The minimum atomic E-state index is -0.203. The number of aryl methyl sites for hydroxylation is 1. The van der Waals surface area contributed by atoms with E-state index in [2.05, 4.69) is 45.4 Å². The van der Waals surface area contributed by atoms with Crippen LogP contribution in [0, 0.1) is 6.92 Å². The molecule has 1 fully saturated rings. The van der Waals surface area contributed by atoms with E-state index in [0.29, 0.717) is 5.95 Å². The first-order valence-corrected chi connectivity index (χ1v) is 8.85. The molecule has 122 valence electrons. The first-order chi connectivity index (χ1) is 11.6. The second-order valence-corrected chi connectivity index (χ2v) is 7.36. The Morgan fingerprint density at radius 3 is 2.62 bits per heavy atom. The van der Waals surface area contributed by atoms with Crippen LogP contribution in [0.25, 0.3) is 10.4 Å². The Morgan fingerprint density at radius 2 is 1.92 bits per heavy atom. The van der Waals surface area contributed by atoms with Gasteiger partial charge in [0.15, 0.2) is 0 Å². The zero-order valence-corrected chi connectivity index (χ0v) is 14.3. The van der Waals surface area contributed by atoms with Gasteiger partial charge in [0.25, 0.3) is 0 Å². The van der Waals surface area contributed by atoms with E-state index in [9.17, 15) is 0 Å². The van der Waals surface area contributed by atoms with Crippen LogP contribution in [0.15, 0.2) is 42.9 Å². The molecule has 5 nitrogen and oxygen atoms in total. The van der Waals surface area contributed by atoms with Gasteiger partial charge in [0.1, 0.15) is 5.01 Å². The molecule has 4 rings (SSSR count). The monoisotopic (exact) mass is 337 g/mol. The van der Waals surface area contributed by atoms with Crippen LogP contribution < -0.4 is 11.1 Å². The summed E-state index contributed by atoms with van der Waals surface area (Å²) >= 11 is 1.70. The van der Waals surface area contributed by atoms with E-state index >= 15 is 0 Å². The Morgan fingerprint density at radius 1 is 1.12 bits per heavy atom. The molecule has 0 atom stereocenters. The average molecular weight is 337 g/mol. The van der Waals surface area contributed by atoms with Crippen LogP contribution in [0.1, 0.15) is 29.8 Å². The van der Waals surface area contributed by atoms with Gasteiger partial charge in [-0.15, -0.1) is 11.3 Å². The third-order valence-corrected chi connectivity index (χ3v) is 5.63. The van der Waals surface area contributed by atoms with E-state index < -0.39 is 0 Å². The topological polar surface area (TPSA) is 76.7 Å². The fourth-order valence-electron chi connectivity index (χ4n) is 2.90. The lowest BCUT2D eigenvalue weighted by Crippen LogP contribution is -2.43. The highest BCUT2D eigenvalue weighted by atomic mass is 32.1. The lowest BCUT2D eigenvalue weighted by Gasteiger charge is -2.35. The molecular weight excluding hydrogens is 318 g/mol. The van der Waals surface area contributed by atoms with Gasteiger partial charge in [0, 0.05) is 24.3 Å². The number of benzene rings is 1. The molecule has 2 aromatic heterocycles. The second-order valence-electron chi connectivity index (χ2n) is 6.32. The molecular formula is C18H19N5S. The molecule has 0 aliphatic heterocycles. The Balaban J connectivity index is 1.64. The summed E-state index contributed by atoms with van der Waals surface area (Å²) in [5.74, 6) is 0.592. The van der Waals surface area contributed by atoms with E-state index in [4.69, 9.17) is 5.73 Å². The molecule has 2 heterocycles. The van der Waals surface area contributed by atoms with Gasteiger partial charge in [-0.1, -0.05) is 6.07 Å². The molecule has 0 unspecified atom stereocenters. The van der Waals surface area contributed by atoms with Crippen molar-refractivity contribution in [3.05, 3.63) is 53.4 Å². The van der Waals surface area contributed by atoms with Gasteiger partial charge in [-0.2, -0.15) is 0 Å². The molecule has 0 bridgehead atoms. The number of hydrogen-bond acceptors (Lipinski definition) is 6. The molecule has 1 aliphatic carbocycles. The lowest BCUT2D eigenvalue weighted by atomic mass is 9.78. The molecule has 1 aromatic carbocycles. The molecule has 24 heavy (non-hydrogen) atoms. The maximum atomic E-state index is 6.40. The van der Waals surface area contributed by atoms with Gasteiger partial charge in [-0.3, -0.25) is 0 Å². The summed E-state index contributed by atoms with van der Waals surface area (Å²) in [5.41, 5.74) is 9.48. The first kappa shape index (κ1) is 15.2. The van der Waals surface area contributed by atoms with Crippen molar-refractivity contribution in [3.8, 4) is 10.4 Å². The molecule has 1 saturated carbocycles. The molecule has 3 N–H and O–H groups in total. The number of nitrogens with two attached hydrogens (primary N) is 1. The van der Waals surface area contributed by atoms with Crippen molar-refractivity contribution in [2.75, 3.05) is 5.32 Å². The third kappa shape index (κ3) is 2.90. The van der Waals surface area contributed by atoms with E-state index in [0.717, 1.165) is 34.0 Å². The molecule has 6 heteroatoms. The van der Waals surface area contributed by atoms with Crippen molar-refractivity contribution in [1.82, 2.24) is 15.0 Å². The van der Waals surface area contributed by atoms with Gasteiger partial charge >= 0.3 is 0 Å². The quantitative estimate of drug-likeness (QED) is 0.753. The zero-order chi connectivity index (χ0) is 16.6. The highest BCUT2D eigenvalue weighted by Gasteiger charge is 2.37. The van der Waals surface area contributed by atoms with Crippen molar-refractivity contribution in [2.45, 2.75) is 31.7 Å². The van der Waals surface area contributed by atoms with Crippen LogP contribution in [0.5, 0.6) is 0 Å². The van der Waals surface area contributed by atoms with Gasteiger partial charge < -0.3 is 11.1 Å². The maximum absolute atomic E-state index is 6.40. The Labute approximate surface area is 145 Å². The predicted molar refractivity (Wildman–Crippen MR) is 97.3 cm³/mol. The number of thiazole rings is 1. The second kappa shape index (κ2) is 5.96. The predicted octanol–water partition coefficient (Wildman–Crippen LogP) is 3.99. The fourth-order valence-corrected chi connectivity index (χ4v) is 3.96. The first-order valence-electron chi connectivity index (χ1n) is 8.04. The minimum Gasteiger partial charge on any atom is -0.324 e. The maximum Gasteiger partial charge on any atom is 0.227 e. The largest absolute Gasteiger partial charge is 0.324 e. The molecule has 0 spiro atoms. The number of rotatable bonds is 4.